The molecule has 1 saturated carbocycles. The number of pyridine rings is 1. The fourth-order valence-electron chi connectivity index (χ4n) is 3.10. The lowest BCUT2D eigenvalue weighted by molar-refractivity contribution is 0.0952. The number of fused-ring (bicyclic) bond motifs is 1. The standard InChI is InChI=1S/C22H17ClN4O2S/c23-14-5-3-4-13(10-14)21-26-19(29-27-21)12-30-20-11-17(22(28)24-15-8-9-15)16-6-1-2-7-18(16)25-20/h1-7,10-11,15H,8-9,12H2,(H,24,28). The summed E-state index contributed by atoms with van der Waals surface area (Å²) in [7, 11) is 0. The first kappa shape index (κ1) is 19.1. The van der Waals surface area contributed by atoms with E-state index in [2.05, 4.69) is 20.4 Å². The molecule has 0 atom stereocenters. The molecule has 0 unspecified atom stereocenters. The molecule has 0 radical (unpaired) electrons. The second-order valence-electron chi connectivity index (χ2n) is 7.08. The predicted molar refractivity (Wildman–Crippen MR) is 117 cm³/mol. The Balaban J connectivity index is 1.37. The minimum atomic E-state index is -0.0565. The quantitative estimate of drug-likeness (QED) is 0.422. The molecule has 0 bridgehead atoms. The number of hydrogen-bond acceptors (Lipinski definition) is 6. The van der Waals surface area contributed by atoms with E-state index in [1.807, 2.05) is 42.5 Å². The lowest BCUT2D eigenvalue weighted by atomic mass is 10.1. The topological polar surface area (TPSA) is 80.9 Å². The molecule has 0 saturated heterocycles. The highest BCUT2D eigenvalue weighted by Crippen LogP contribution is 2.28. The minimum absolute atomic E-state index is 0.0565. The van der Waals surface area contributed by atoms with Gasteiger partial charge in [0.15, 0.2) is 0 Å². The van der Waals surface area contributed by atoms with Crippen LogP contribution in [-0.4, -0.2) is 27.1 Å². The molecule has 2 aromatic carbocycles. The van der Waals surface area contributed by atoms with Gasteiger partial charge in [-0.1, -0.05) is 58.9 Å². The van der Waals surface area contributed by atoms with E-state index in [1.165, 1.54) is 11.8 Å². The zero-order chi connectivity index (χ0) is 20.5. The molecule has 1 amide bonds. The molecule has 0 aliphatic heterocycles. The molecular formula is C22H17ClN4O2S. The van der Waals surface area contributed by atoms with E-state index in [-0.39, 0.29) is 5.91 Å². The monoisotopic (exact) mass is 436 g/mol. The molecular weight excluding hydrogens is 420 g/mol. The van der Waals surface area contributed by atoms with Crippen LogP contribution in [0.15, 0.2) is 64.1 Å². The van der Waals surface area contributed by atoms with Gasteiger partial charge in [-0.3, -0.25) is 4.79 Å². The summed E-state index contributed by atoms with van der Waals surface area (Å²) in [5.74, 6) is 1.36. The molecule has 5 rings (SSSR count). The molecule has 1 N–H and O–H groups in total. The van der Waals surface area contributed by atoms with Crippen molar-refractivity contribution in [3.8, 4) is 11.4 Å². The Labute approximate surface area is 182 Å². The van der Waals surface area contributed by atoms with Gasteiger partial charge in [0.25, 0.3) is 5.91 Å². The van der Waals surface area contributed by atoms with Crippen molar-refractivity contribution in [3.05, 3.63) is 71.1 Å². The average Bonchev–Trinajstić information content (AvgIpc) is 3.44. The van der Waals surface area contributed by atoms with E-state index in [0.29, 0.717) is 34.1 Å². The number of nitrogens with one attached hydrogen (secondary N) is 1. The Morgan fingerprint density at radius 1 is 1.13 bits per heavy atom. The maximum atomic E-state index is 12.7. The summed E-state index contributed by atoms with van der Waals surface area (Å²) in [6.45, 7) is 0. The summed E-state index contributed by atoms with van der Waals surface area (Å²) in [6.07, 6.45) is 2.09. The van der Waals surface area contributed by atoms with Gasteiger partial charge in [-0.15, -0.1) is 0 Å². The van der Waals surface area contributed by atoms with Gasteiger partial charge in [0.2, 0.25) is 11.7 Å². The van der Waals surface area contributed by atoms with Crippen LogP contribution in [0.4, 0.5) is 0 Å². The highest BCUT2D eigenvalue weighted by atomic mass is 35.5. The summed E-state index contributed by atoms with van der Waals surface area (Å²) >= 11 is 7.49. The van der Waals surface area contributed by atoms with Gasteiger partial charge in [-0.05, 0) is 37.1 Å². The minimum Gasteiger partial charge on any atom is -0.349 e. The SMILES string of the molecule is O=C(NC1CC1)c1cc(SCc2nc(-c3cccc(Cl)c3)no2)nc2ccccc12. The molecule has 1 fully saturated rings. The second-order valence-corrected chi connectivity index (χ2v) is 8.52. The Bertz CT molecular complexity index is 1240. The Kier molecular flexibility index (Phi) is 5.14. The van der Waals surface area contributed by atoms with Crippen molar-refractivity contribution in [2.75, 3.05) is 0 Å². The zero-order valence-electron chi connectivity index (χ0n) is 15.8. The van der Waals surface area contributed by atoms with Crippen molar-refractivity contribution in [2.24, 2.45) is 0 Å². The number of aromatic nitrogens is 3. The van der Waals surface area contributed by atoms with Crippen LogP contribution in [0.3, 0.4) is 0 Å². The van der Waals surface area contributed by atoms with Crippen LogP contribution >= 0.6 is 23.4 Å². The zero-order valence-corrected chi connectivity index (χ0v) is 17.4. The van der Waals surface area contributed by atoms with Gasteiger partial charge in [-0.2, -0.15) is 4.98 Å². The number of para-hydroxylation sites is 1. The van der Waals surface area contributed by atoms with Crippen LogP contribution in [0.1, 0.15) is 29.1 Å². The molecule has 1 aliphatic rings. The van der Waals surface area contributed by atoms with E-state index in [0.717, 1.165) is 34.3 Å². The first-order valence-electron chi connectivity index (χ1n) is 9.58. The molecule has 0 spiro atoms. The van der Waals surface area contributed by atoms with Crippen molar-refractivity contribution in [3.63, 3.8) is 0 Å². The summed E-state index contributed by atoms with van der Waals surface area (Å²) in [4.78, 5) is 21.8. The number of thioether (sulfide) groups is 1. The van der Waals surface area contributed by atoms with Gasteiger partial charge in [0.05, 0.1) is 21.9 Å². The van der Waals surface area contributed by atoms with Gasteiger partial charge in [0.1, 0.15) is 0 Å². The van der Waals surface area contributed by atoms with Crippen molar-refractivity contribution in [1.29, 1.82) is 0 Å². The molecule has 30 heavy (non-hydrogen) atoms. The summed E-state index contributed by atoms with van der Waals surface area (Å²) in [6, 6.07) is 17.1. The van der Waals surface area contributed by atoms with Crippen molar-refractivity contribution in [2.45, 2.75) is 29.7 Å². The van der Waals surface area contributed by atoms with Crippen LogP contribution in [0.5, 0.6) is 0 Å². The molecule has 4 aromatic rings. The third kappa shape index (κ3) is 4.17. The normalized spacial score (nSPS) is 13.5. The Morgan fingerprint density at radius 2 is 2.00 bits per heavy atom. The number of hydrogen-bond donors (Lipinski definition) is 1. The van der Waals surface area contributed by atoms with E-state index >= 15 is 0 Å². The maximum absolute atomic E-state index is 12.7. The number of benzene rings is 2. The maximum Gasteiger partial charge on any atom is 0.252 e. The fraction of sp³-hybridized carbons (Fsp3) is 0.182. The van der Waals surface area contributed by atoms with Crippen LogP contribution in [0, 0.1) is 0 Å². The molecule has 6 nitrogen and oxygen atoms in total. The lowest BCUT2D eigenvalue weighted by Gasteiger charge is -2.09. The highest BCUT2D eigenvalue weighted by molar-refractivity contribution is 7.98. The smallest absolute Gasteiger partial charge is 0.252 e. The third-order valence-electron chi connectivity index (χ3n) is 4.74. The van der Waals surface area contributed by atoms with Gasteiger partial charge < -0.3 is 9.84 Å². The van der Waals surface area contributed by atoms with Gasteiger partial charge in [0, 0.05) is 22.0 Å². The average molecular weight is 437 g/mol. The van der Waals surface area contributed by atoms with Gasteiger partial charge >= 0.3 is 0 Å². The van der Waals surface area contributed by atoms with Crippen LogP contribution in [0.25, 0.3) is 22.3 Å². The number of rotatable bonds is 6. The number of halogens is 1. The number of nitrogens with zero attached hydrogens (tertiary/aromatic N) is 3. The van der Waals surface area contributed by atoms with Crippen LogP contribution in [-0.2, 0) is 5.75 Å². The first-order valence-corrected chi connectivity index (χ1v) is 10.9. The van der Waals surface area contributed by atoms with E-state index in [9.17, 15) is 4.79 Å². The molecule has 1 aliphatic carbocycles. The summed E-state index contributed by atoms with van der Waals surface area (Å²) in [5, 5.41) is 9.29. The first-order chi connectivity index (χ1) is 14.7. The van der Waals surface area contributed by atoms with Crippen molar-refractivity contribution >= 4 is 40.2 Å². The highest BCUT2D eigenvalue weighted by Gasteiger charge is 2.25. The van der Waals surface area contributed by atoms with Crippen LogP contribution < -0.4 is 5.32 Å². The Hall–Kier alpha value is -2.90. The van der Waals surface area contributed by atoms with E-state index < -0.39 is 0 Å². The predicted octanol–water partition coefficient (Wildman–Crippen LogP) is 5.12. The molecule has 150 valence electrons. The fourth-order valence-corrected chi connectivity index (χ4v) is 4.04. The number of amides is 1. The molecule has 8 heteroatoms. The van der Waals surface area contributed by atoms with Crippen molar-refractivity contribution < 1.29 is 9.32 Å². The van der Waals surface area contributed by atoms with E-state index in [1.54, 1.807) is 12.1 Å². The Morgan fingerprint density at radius 3 is 2.83 bits per heavy atom. The largest absolute Gasteiger partial charge is 0.349 e. The third-order valence-corrected chi connectivity index (χ3v) is 5.88. The van der Waals surface area contributed by atoms with Crippen molar-refractivity contribution in [1.82, 2.24) is 20.4 Å². The number of carbonyl (C=O) groups is 1. The summed E-state index contributed by atoms with van der Waals surface area (Å²) < 4.78 is 5.37. The van der Waals surface area contributed by atoms with Crippen LogP contribution in [0.2, 0.25) is 5.02 Å². The second kappa shape index (κ2) is 8.08. The lowest BCUT2D eigenvalue weighted by Crippen LogP contribution is -2.25. The molecule has 2 heterocycles. The van der Waals surface area contributed by atoms with Gasteiger partial charge in [-0.25, -0.2) is 4.98 Å². The number of carbonyl (C=O) groups excluding carboxylic acids is 1. The summed E-state index contributed by atoms with van der Waals surface area (Å²) in [5.41, 5.74) is 2.22. The molecule has 2 aromatic heterocycles. The van der Waals surface area contributed by atoms with E-state index in [4.69, 9.17) is 16.1 Å².